The van der Waals surface area contributed by atoms with Crippen LogP contribution in [0.25, 0.3) is 0 Å². The summed E-state index contributed by atoms with van der Waals surface area (Å²) >= 11 is 0. The molecule has 164 valence electrons. The molecule has 0 aliphatic heterocycles. The summed E-state index contributed by atoms with van der Waals surface area (Å²) in [5, 5.41) is 2.93. The Labute approximate surface area is 183 Å². The number of carbonyl (C=O) groups excluding carboxylic acids is 2. The van der Waals surface area contributed by atoms with Crippen molar-refractivity contribution in [1.82, 2.24) is 14.4 Å². The highest BCUT2D eigenvalue weighted by atomic mass is 16.3. The Morgan fingerprint density at radius 1 is 1.06 bits per heavy atom. The molecule has 0 saturated carbocycles. The number of anilines is 1. The minimum Gasteiger partial charge on any atom is -0.467 e. The zero-order chi connectivity index (χ0) is 22.4. The molecule has 1 N–H and O–H groups in total. The van der Waals surface area contributed by atoms with Gasteiger partial charge in [0.2, 0.25) is 5.91 Å². The molecule has 3 amide bonds. The molecule has 1 aromatic carbocycles. The third kappa shape index (κ3) is 5.78. The van der Waals surface area contributed by atoms with Crippen molar-refractivity contribution in [2.75, 3.05) is 11.9 Å². The third-order valence-electron chi connectivity index (χ3n) is 5.26. The van der Waals surface area contributed by atoms with Crippen LogP contribution >= 0.6 is 0 Å². The number of para-hydroxylation sites is 1. The van der Waals surface area contributed by atoms with Crippen molar-refractivity contribution in [2.24, 2.45) is 7.05 Å². The fraction of sp³-hybridized carbons (Fsp3) is 0.333. The molecule has 7 nitrogen and oxygen atoms in total. The lowest BCUT2D eigenvalue weighted by Gasteiger charge is -2.30. The van der Waals surface area contributed by atoms with E-state index < -0.39 is 0 Å². The van der Waals surface area contributed by atoms with Crippen molar-refractivity contribution >= 4 is 17.6 Å². The maximum absolute atomic E-state index is 13.3. The SMILES string of the molecule is Cc1ccccc1NC(=O)N(CC(=O)N(Cc1ccco1)Cc1cccn1C)C(C)C. The molecule has 31 heavy (non-hydrogen) atoms. The minimum absolute atomic E-state index is 0.0273. The second kappa shape index (κ2) is 10.0. The van der Waals surface area contributed by atoms with E-state index in [4.69, 9.17) is 4.42 Å². The number of rotatable bonds is 8. The number of furan rings is 1. The predicted octanol–water partition coefficient (Wildman–Crippen LogP) is 4.40. The Balaban J connectivity index is 1.75. The largest absolute Gasteiger partial charge is 0.467 e. The predicted molar refractivity (Wildman–Crippen MR) is 120 cm³/mol. The van der Waals surface area contributed by atoms with Crippen LogP contribution in [0.2, 0.25) is 0 Å². The lowest BCUT2D eigenvalue weighted by atomic mass is 10.2. The van der Waals surface area contributed by atoms with Gasteiger partial charge < -0.3 is 24.1 Å². The van der Waals surface area contributed by atoms with E-state index in [0.29, 0.717) is 18.8 Å². The molecule has 0 aliphatic carbocycles. The Bertz CT molecular complexity index is 1010. The minimum atomic E-state index is -0.297. The van der Waals surface area contributed by atoms with Crippen molar-refractivity contribution in [1.29, 1.82) is 0 Å². The second-order valence-corrected chi connectivity index (χ2v) is 7.91. The van der Waals surface area contributed by atoms with E-state index in [1.54, 1.807) is 22.1 Å². The molecule has 0 saturated heterocycles. The van der Waals surface area contributed by atoms with E-state index in [9.17, 15) is 9.59 Å². The average Bonchev–Trinajstić information content (AvgIpc) is 3.39. The topological polar surface area (TPSA) is 70.7 Å². The van der Waals surface area contributed by atoms with Gasteiger partial charge in [0, 0.05) is 30.7 Å². The maximum Gasteiger partial charge on any atom is 0.322 e. The lowest BCUT2D eigenvalue weighted by Crippen LogP contribution is -2.47. The number of urea groups is 1. The summed E-state index contributed by atoms with van der Waals surface area (Å²) in [5.74, 6) is 0.550. The van der Waals surface area contributed by atoms with E-state index in [-0.39, 0.29) is 24.5 Å². The van der Waals surface area contributed by atoms with Gasteiger partial charge in [-0.2, -0.15) is 0 Å². The molecule has 3 aromatic rings. The summed E-state index contributed by atoms with van der Waals surface area (Å²) in [7, 11) is 1.95. The molecule has 0 aliphatic rings. The highest BCUT2D eigenvalue weighted by Gasteiger charge is 2.25. The van der Waals surface area contributed by atoms with E-state index in [2.05, 4.69) is 5.32 Å². The number of nitrogens with one attached hydrogen (secondary N) is 1. The molecular formula is C24H30N4O3. The highest BCUT2D eigenvalue weighted by Crippen LogP contribution is 2.16. The van der Waals surface area contributed by atoms with Gasteiger partial charge >= 0.3 is 6.03 Å². The summed E-state index contributed by atoms with van der Waals surface area (Å²) in [5.41, 5.74) is 2.70. The zero-order valence-corrected chi connectivity index (χ0v) is 18.5. The summed E-state index contributed by atoms with van der Waals surface area (Å²) in [6.07, 6.45) is 3.54. The number of amides is 3. The Morgan fingerprint density at radius 3 is 2.45 bits per heavy atom. The van der Waals surface area contributed by atoms with Crippen LogP contribution in [0.5, 0.6) is 0 Å². The first-order valence-electron chi connectivity index (χ1n) is 10.4. The monoisotopic (exact) mass is 422 g/mol. The van der Waals surface area contributed by atoms with Gasteiger partial charge in [0.1, 0.15) is 12.3 Å². The summed E-state index contributed by atoms with van der Waals surface area (Å²) in [6, 6.07) is 14.7. The van der Waals surface area contributed by atoms with Gasteiger partial charge in [-0.15, -0.1) is 0 Å². The van der Waals surface area contributed by atoms with Crippen molar-refractivity contribution in [2.45, 2.75) is 39.9 Å². The van der Waals surface area contributed by atoms with Crippen molar-refractivity contribution < 1.29 is 14.0 Å². The van der Waals surface area contributed by atoms with E-state index in [1.165, 1.54) is 0 Å². The number of hydrogen-bond acceptors (Lipinski definition) is 3. The van der Waals surface area contributed by atoms with Crippen LogP contribution in [-0.4, -0.2) is 38.9 Å². The summed E-state index contributed by atoms with van der Waals surface area (Å²) in [6.45, 7) is 6.47. The van der Waals surface area contributed by atoms with Crippen LogP contribution in [0.3, 0.4) is 0 Å². The Hall–Kier alpha value is -3.48. The van der Waals surface area contributed by atoms with Gasteiger partial charge in [0.05, 0.1) is 19.4 Å². The molecule has 2 aromatic heterocycles. The van der Waals surface area contributed by atoms with Gasteiger partial charge in [0.25, 0.3) is 0 Å². The van der Waals surface area contributed by atoms with Crippen LogP contribution in [0.1, 0.15) is 30.9 Å². The summed E-state index contributed by atoms with van der Waals surface area (Å²) < 4.78 is 7.44. The van der Waals surface area contributed by atoms with Gasteiger partial charge in [-0.1, -0.05) is 18.2 Å². The molecular weight excluding hydrogens is 392 g/mol. The quantitative estimate of drug-likeness (QED) is 0.585. The van der Waals surface area contributed by atoms with Crippen molar-refractivity contribution in [3.8, 4) is 0 Å². The van der Waals surface area contributed by atoms with Gasteiger partial charge in [-0.05, 0) is 56.7 Å². The molecule has 0 fully saturated rings. The number of aromatic nitrogens is 1. The van der Waals surface area contributed by atoms with E-state index in [0.717, 1.165) is 16.9 Å². The molecule has 0 unspecified atom stereocenters. The van der Waals surface area contributed by atoms with E-state index >= 15 is 0 Å². The smallest absolute Gasteiger partial charge is 0.322 e. The fourth-order valence-corrected chi connectivity index (χ4v) is 3.31. The molecule has 3 rings (SSSR count). The first-order chi connectivity index (χ1) is 14.8. The molecule has 0 atom stereocenters. The first kappa shape index (κ1) is 22.2. The van der Waals surface area contributed by atoms with Crippen molar-refractivity contribution in [3.05, 3.63) is 78.0 Å². The lowest BCUT2D eigenvalue weighted by molar-refractivity contribution is -0.133. The van der Waals surface area contributed by atoms with Crippen LogP contribution in [-0.2, 0) is 24.9 Å². The number of aryl methyl sites for hydroxylation is 2. The highest BCUT2D eigenvalue weighted by molar-refractivity contribution is 5.93. The van der Waals surface area contributed by atoms with Crippen molar-refractivity contribution in [3.63, 3.8) is 0 Å². The fourth-order valence-electron chi connectivity index (χ4n) is 3.31. The van der Waals surface area contributed by atoms with E-state index in [1.807, 2.05) is 81.0 Å². The standard InChI is InChI=1S/C24H30N4O3/c1-18(2)28(24(30)25-22-12-6-5-9-19(22)3)17-23(29)27(16-21-11-8-14-31-21)15-20-10-7-13-26(20)4/h5-14,18H,15-17H2,1-4H3,(H,25,30). The molecule has 7 heteroatoms. The number of nitrogens with zero attached hydrogens (tertiary/aromatic N) is 3. The first-order valence-corrected chi connectivity index (χ1v) is 10.4. The normalized spacial score (nSPS) is 10.9. The number of carbonyl (C=O) groups is 2. The molecule has 0 radical (unpaired) electrons. The number of benzene rings is 1. The Morgan fingerprint density at radius 2 is 1.84 bits per heavy atom. The molecule has 2 heterocycles. The van der Waals surface area contributed by atoms with Gasteiger partial charge in [0.15, 0.2) is 0 Å². The molecule has 0 spiro atoms. The zero-order valence-electron chi connectivity index (χ0n) is 18.5. The van der Waals surface area contributed by atoms with Gasteiger partial charge in [-0.25, -0.2) is 4.79 Å². The maximum atomic E-state index is 13.3. The second-order valence-electron chi connectivity index (χ2n) is 7.91. The third-order valence-corrected chi connectivity index (χ3v) is 5.26. The van der Waals surface area contributed by atoms with Gasteiger partial charge in [-0.3, -0.25) is 4.79 Å². The molecule has 0 bridgehead atoms. The number of hydrogen-bond donors (Lipinski definition) is 1. The summed E-state index contributed by atoms with van der Waals surface area (Å²) in [4.78, 5) is 29.5. The van der Waals surface area contributed by atoms with Crippen LogP contribution in [0, 0.1) is 6.92 Å². The Kier molecular flexibility index (Phi) is 7.18. The van der Waals surface area contributed by atoms with Crippen LogP contribution < -0.4 is 5.32 Å². The average molecular weight is 423 g/mol. The van der Waals surface area contributed by atoms with Crippen LogP contribution in [0.4, 0.5) is 10.5 Å². The van der Waals surface area contributed by atoms with Crippen LogP contribution in [0.15, 0.2) is 65.4 Å².